The molecule has 1 amide bonds. The van der Waals surface area contributed by atoms with E-state index in [0.717, 1.165) is 43.4 Å². The number of aromatic nitrogens is 1. The molecule has 2 N–H and O–H groups in total. The summed E-state index contributed by atoms with van der Waals surface area (Å²) < 4.78 is 5.72. The van der Waals surface area contributed by atoms with E-state index in [1.54, 1.807) is 12.1 Å². The second-order valence-corrected chi connectivity index (χ2v) is 7.81. The van der Waals surface area contributed by atoms with Gasteiger partial charge < -0.3 is 30.0 Å². The quantitative estimate of drug-likeness (QED) is 0.285. The van der Waals surface area contributed by atoms with E-state index in [4.69, 9.17) is 9.84 Å². The largest absolute Gasteiger partial charge is 1.00 e. The number of likely N-dealkylation sites (N-methyl/N-ethyl adjacent to an activating group) is 1. The van der Waals surface area contributed by atoms with Gasteiger partial charge >= 0.3 is 29.6 Å². The van der Waals surface area contributed by atoms with Gasteiger partial charge in [0.25, 0.3) is 5.91 Å². The molecule has 9 heteroatoms. The Morgan fingerprint density at radius 1 is 1.03 bits per heavy atom. The predicted octanol–water partition coefficient (Wildman–Crippen LogP) is 0.245. The van der Waals surface area contributed by atoms with Gasteiger partial charge in [-0.15, -0.1) is 0 Å². The van der Waals surface area contributed by atoms with Gasteiger partial charge in [0.05, 0.1) is 23.7 Å². The molecule has 0 aliphatic heterocycles. The summed E-state index contributed by atoms with van der Waals surface area (Å²) in [5, 5.41) is 22.9. The van der Waals surface area contributed by atoms with Gasteiger partial charge in [0, 0.05) is 30.1 Å². The van der Waals surface area contributed by atoms with Crippen molar-refractivity contribution in [1.82, 2.24) is 15.2 Å². The number of unbranched alkanes of at least 4 members (excludes halogenated alkanes) is 1. The SMILES string of the molecule is CCCCOc1cc(C(=O)NCCN(CC)CC)c2ccccc2n1.O=C([O-])c1ccccc1O.[Na+]. The summed E-state index contributed by atoms with van der Waals surface area (Å²) in [7, 11) is 0. The van der Waals surface area contributed by atoms with Crippen LogP contribution in [-0.2, 0) is 0 Å². The molecule has 0 aliphatic carbocycles. The van der Waals surface area contributed by atoms with Crippen LogP contribution in [0.15, 0.2) is 54.6 Å². The van der Waals surface area contributed by atoms with Crippen molar-refractivity contribution in [3.63, 3.8) is 0 Å². The topological polar surface area (TPSA) is 115 Å². The van der Waals surface area contributed by atoms with E-state index < -0.39 is 5.97 Å². The van der Waals surface area contributed by atoms with Gasteiger partial charge in [-0.1, -0.05) is 57.5 Å². The molecule has 0 aliphatic rings. The zero-order valence-corrected chi connectivity index (χ0v) is 23.6. The van der Waals surface area contributed by atoms with E-state index in [1.165, 1.54) is 18.2 Å². The number of carbonyl (C=O) groups excluding carboxylic acids is 2. The number of ether oxygens (including phenoxy) is 1. The third-order valence-electron chi connectivity index (χ3n) is 5.42. The Balaban J connectivity index is 0.000000495. The number of hydrogen-bond donors (Lipinski definition) is 2. The summed E-state index contributed by atoms with van der Waals surface area (Å²) in [4.78, 5) is 29.6. The minimum atomic E-state index is -1.36. The number of benzene rings is 2. The summed E-state index contributed by atoms with van der Waals surface area (Å²) in [5.41, 5.74) is 1.23. The molecule has 0 saturated carbocycles. The number of aromatic carboxylic acids is 1. The van der Waals surface area contributed by atoms with Crippen molar-refractivity contribution in [3.05, 3.63) is 65.7 Å². The maximum Gasteiger partial charge on any atom is 1.00 e. The number of aromatic hydroxyl groups is 1. The van der Waals surface area contributed by atoms with Crippen LogP contribution in [0.1, 0.15) is 54.3 Å². The summed E-state index contributed by atoms with van der Waals surface area (Å²) in [6.07, 6.45) is 2.03. The third-order valence-corrected chi connectivity index (χ3v) is 5.42. The fraction of sp³-hybridized carbons (Fsp3) is 0.370. The van der Waals surface area contributed by atoms with Crippen LogP contribution >= 0.6 is 0 Å². The minimum Gasteiger partial charge on any atom is -0.545 e. The monoisotopic (exact) mass is 503 g/mol. The van der Waals surface area contributed by atoms with Gasteiger partial charge in [-0.3, -0.25) is 4.79 Å². The van der Waals surface area contributed by atoms with Crippen molar-refractivity contribution >= 4 is 22.8 Å². The number of pyridine rings is 1. The first kappa shape index (κ1) is 31.4. The molecule has 0 unspecified atom stereocenters. The second kappa shape index (κ2) is 16.9. The Bertz CT molecular complexity index is 1110. The average molecular weight is 504 g/mol. The first-order valence-electron chi connectivity index (χ1n) is 11.9. The Hall–Kier alpha value is -2.65. The zero-order valence-electron chi connectivity index (χ0n) is 21.6. The molecule has 0 fully saturated rings. The van der Waals surface area contributed by atoms with Gasteiger partial charge in [-0.05, 0) is 37.7 Å². The van der Waals surface area contributed by atoms with E-state index in [9.17, 15) is 14.7 Å². The molecule has 0 atom stereocenters. The summed E-state index contributed by atoms with van der Waals surface area (Å²) >= 11 is 0. The first-order chi connectivity index (χ1) is 16.9. The fourth-order valence-electron chi connectivity index (χ4n) is 3.34. The Kier molecular flexibility index (Phi) is 14.7. The summed E-state index contributed by atoms with van der Waals surface area (Å²) in [6.45, 7) is 10.4. The molecule has 36 heavy (non-hydrogen) atoms. The number of hydrogen-bond acceptors (Lipinski definition) is 7. The van der Waals surface area contributed by atoms with Crippen LogP contribution in [0.2, 0.25) is 0 Å². The van der Waals surface area contributed by atoms with Crippen molar-refractivity contribution in [2.75, 3.05) is 32.8 Å². The number of amides is 1. The molecular formula is C27H34N3NaO5. The number of nitrogens with zero attached hydrogens (tertiary/aromatic N) is 2. The zero-order chi connectivity index (χ0) is 25.6. The molecule has 0 radical (unpaired) electrons. The molecular weight excluding hydrogens is 469 g/mol. The summed E-state index contributed by atoms with van der Waals surface area (Å²) in [6, 6.07) is 15.1. The van der Waals surface area contributed by atoms with Gasteiger partial charge in [-0.2, -0.15) is 0 Å². The number of nitrogens with one attached hydrogen (secondary N) is 1. The van der Waals surface area contributed by atoms with Crippen LogP contribution in [-0.4, -0.2) is 59.7 Å². The van der Waals surface area contributed by atoms with E-state index in [1.807, 2.05) is 24.3 Å². The van der Waals surface area contributed by atoms with Crippen LogP contribution in [0.3, 0.4) is 0 Å². The number of carboxylic acid groups (broad SMARTS) is 1. The molecule has 3 aromatic rings. The number of para-hydroxylation sites is 2. The van der Waals surface area contributed by atoms with Crippen molar-refractivity contribution in [1.29, 1.82) is 0 Å². The Morgan fingerprint density at radius 2 is 1.69 bits per heavy atom. The van der Waals surface area contributed by atoms with Gasteiger partial charge in [0.2, 0.25) is 5.88 Å². The van der Waals surface area contributed by atoms with E-state index in [0.29, 0.717) is 24.6 Å². The molecule has 0 bridgehead atoms. The van der Waals surface area contributed by atoms with Gasteiger partial charge in [0.15, 0.2) is 0 Å². The van der Waals surface area contributed by atoms with Crippen molar-refractivity contribution in [2.45, 2.75) is 33.6 Å². The maximum absolute atomic E-state index is 12.7. The number of rotatable bonds is 11. The average Bonchev–Trinajstić information content (AvgIpc) is 2.86. The van der Waals surface area contributed by atoms with Crippen LogP contribution in [0.25, 0.3) is 10.9 Å². The number of carbonyl (C=O) groups is 2. The van der Waals surface area contributed by atoms with Crippen LogP contribution in [0, 0.1) is 0 Å². The Labute approximate surface area is 235 Å². The second-order valence-electron chi connectivity index (χ2n) is 7.81. The first-order valence-corrected chi connectivity index (χ1v) is 11.9. The number of carboxylic acids is 1. The molecule has 1 heterocycles. The van der Waals surface area contributed by atoms with Crippen LogP contribution in [0.4, 0.5) is 0 Å². The van der Waals surface area contributed by atoms with E-state index in [-0.39, 0.29) is 46.8 Å². The van der Waals surface area contributed by atoms with Gasteiger partial charge in [0.1, 0.15) is 5.75 Å². The normalized spacial score (nSPS) is 10.2. The van der Waals surface area contributed by atoms with E-state index >= 15 is 0 Å². The third kappa shape index (κ3) is 9.78. The predicted molar refractivity (Wildman–Crippen MR) is 135 cm³/mol. The smallest absolute Gasteiger partial charge is 0.545 e. The van der Waals surface area contributed by atoms with Gasteiger partial charge in [-0.25, -0.2) is 4.98 Å². The molecule has 8 nitrogen and oxygen atoms in total. The fourth-order valence-corrected chi connectivity index (χ4v) is 3.34. The van der Waals surface area contributed by atoms with Crippen molar-refractivity contribution in [2.24, 2.45) is 0 Å². The number of fused-ring (bicyclic) bond motifs is 1. The minimum absolute atomic E-state index is 0. The maximum atomic E-state index is 12.7. The molecule has 188 valence electrons. The number of phenols is 1. The van der Waals surface area contributed by atoms with E-state index in [2.05, 4.69) is 36.0 Å². The summed E-state index contributed by atoms with van der Waals surface area (Å²) in [5.74, 6) is -1.19. The molecule has 2 aromatic carbocycles. The Morgan fingerprint density at radius 3 is 2.31 bits per heavy atom. The van der Waals surface area contributed by atoms with Crippen LogP contribution < -0.4 is 44.7 Å². The molecule has 3 rings (SSSR count). The van der Waals surface area contributed by atoms with Crippen LogP contribution in [0.5, 0.6) is 11.6 Å². The standard InChI is InChI=1S/C20H29N3O2.C7H6O3.Na/c1-4-7-14-25-19-15-17(16-10-8-9-11-18(16)22-19)20(24)21-12-13-23(5-2)6-3;8-6-4-2-1-3-5(6)7(9)10;/h8-11,15H,4-7,12-14H2,1-3H3,(H,21,24);1-4,8H,(H,9,10);/q;;+1/p-1. The van der Waals surface area contributed by atoms with Crippen molar-refractivity contribution in [3.8, 4) is 11.6 Å². The molecule has 0 spiro atoms. The van der Waals surface area contributed by atoms with Crippen molar-refractivity contribution < 1.29 is 54.1 Å². The molecule has 0 saturated heterocycles. The molecule has 1 aromatic heterocycles.